The molecule has 0 bridgehead atoms. The SMILES string of the molecule is Cc1nc(NC(=O)CSc2nc3sc(C)c(-c4ccccc4)c3c(=O)[nH]2)sc1C(=O)OCC(C)C. The molecule has 182 valence electrons. The first-order valence-electron chi connectivity index (χ1n) is 10.9. The van der Waals surface area contributed by atoms with Crippen LogP contribution in [-0.2, 0) is 9.53 Å². The van der Waals surface area contributed by atoms with Gasteiger partial charge in [0.05, 0.1) is 23.4 Å². The fourth-order valence-electron chi connectivity index (χ4n) is 3.36. The quantitative estimate of drug-likeness (QED) is 0.182. The van der Waals surface area contributed by atoms with Gasteiger partial charge in [0.1, 0.15) is 9.71 Å². The monoisotopic (exact) mass is 528 g/mol. The van der Waals surface area contributed by atoms with Gasteiger partial charge in [-0.3, -0.25) is 9.59 Å². The third kappa shape index (κ3) is 5.80. The predicted octanol–water partition coefficient (Wildman–Crippen LogP) is 5.27. The zero-order valence-corrected chi connectivity index (χ0v) is 22.1. The topological polar surface area (TPSA) is 114 Å². The summed E-state index contributed by atoms with van der Waals surface area (Å²) in [6.07, 6.45) is 0. The van der Waals surface area contributed by atoms with Crippen molar-refractivity contribution in [1.29, 1.82) is 0 Å². The fourth-order valence-corrected chi connectivity index (χ4v) is 6.00. The molecule has 0 saturated heterocycles. The van der Waals surface area contributed by atoms with E-state index in [1.807, 2.05) is 51.1 Å². The van der Waals surface area contributed by atoms with E-state index in [0.29, 0.717) is 37.7 Å². The number of thioether (sulfide) groups is 1. The van der Waals surface area contributed by atoms with Gasteiger partial charge in [0.25, 0.3) is 5.56 Å². The molecule has 0 spiro atoms. The number of H-pyrrole nitrogens is 1. The van der Waals surface area contributed by atoms with Crippen LogP contribution in [0.4, 0.5) is 5.13 Å². The Labute approximate surface area is 214 Å². The molecule has 0 saturated carbocycles. The Morgan fingerprint density at radius 1 is 1.14 bits per heavy atom. The third-order valence-corrected chi connectivity index (χ3v) is 7.82. The summed E-state index contributed by atoms with van der Waals surface area (Å²) < 4.78 is 5.25. The second-order valence-electron chi connectivity index (χ2n) is 8.21. The molecule has 0 aliphatic carbocycles. The van der Waals surface area contributed by atoms with E-state index in [9.17, 15) is 14.4 Å². The summed E-state index contributed by atoms with van der Waals surface area (Å²) in [5.41, 5.74) is 2.12. The second kappa shape index (κ2) is 10.7. The zero-order chi connectivity index (χ0) is 25.1. The number of ether oxygens (including phenoxy) is 1. The van der Waals surface area contributed by atoms with Crippen LogP contribution in [0.3, 0.4) is 0 Å². The van der Waals surface area contributed by atoms with Crippen LogP contribution in [0.2, 0.25) is 0 Å². The number of nitrogens with zero attached hydrogens (tertiary/aromatic N) is 2. The van der Waals surface area contributed by atoms with E-state index in [0.717, 1.165) is 39.1 Å². The number of aryl methyl sites for hydroxylation is 2. The van der Waals surface area contributed by atoms with Crippen LogP contribution in [0, 0.1) is 19.8 Å². The van der Waals surface area contributed by atoms with Crippen molar-refractivity contribution in [2.24, 2.45) is 5.92 Å². The summed E-state index contributed by atoms with van der Waals surface area (Å²) in [6.45, 7) is 7.90. The van der Waals surface area contributed by atoms with Crippen molar-refractivity contribution in [3.05, 3.63) is 56.1 Å². The number of benzene rings is 1. The molecule has 8 nitrogen and oxygen atoms in total. The highest BCUT2D eigenvalue weighted by Gasteiger charge is 2.20. The summed E-state index contributed by atoms with van der Waals surface area (Å²) >= 11 is 3.66. The minimum absolute atomic E-state index is 0.0239. The van der Waals surface area contributed by atoms with E-state index in [1.165, 1.54) is 11.3 Å². The van der Waals surface area contributed by atoms with Gasteiger partial charge in [0.2, 0.25) is 5.91 Å². The zero-order valence-electron chi connectivity index (χ0n) is 19.6. The lowest BCUT2D eigenvalue weighted by atomic mass is 10.0. The van der Waals surface area contributed by atoms with Crippen molar-refractivity contribution < 1.29 is 14.3 Å². The third-order valence-electron chi connectivity index (χ3n) is 4.89. The van der Waals surface area contributed by atoms with Crippen LogP contribution in [0.15, 0.2) is 40.3 Å². The Hall–Kier alpha value is -3.02. The number of aromatic amines is 1. The smallest absolute Gasteiger partial charge is 0.350 e. The molecule has 0 aliphatic rings. The number of fused-ring (bicyclic) bond motifs is 1. The van der Waals surface area contributed by atoms with Crippen LogP contribution in [0.25, 0.3) is 21.3 Å². The molecule has 3 aromatic heterocycles. The van der Waals surface area contributed by atoms with Gasteiger partial charge in [0.15, 0.2) is 10.3 Å². The van der Waals surface area contributed by atoms with Gasteiger partial charge < -0.3 is 15.0 Å². The van der Waals surface area contributed by atoms with Gasteiger partial charge in [-0.05, 0) is 25.3 Å². The second-order valence-corrected chi connectivity index (χ2v) is 11.4. The van der Waals surface area contributed by atoms with Gasteiger partial charge in [-0.15, -0.1) is 11.3 Å². The molecule has 0 unspecified atom stereocenters. The van der Waals surface area contributed by atoms with E-state index in [1.54, 1.807) is 6.92 Å². The molecular formula is C24H24N4O4S3. The van der Waals surface area contributed by atoms with Gasteiger partial charge >= 0.3 is 5.97 Å². The van der Waals surface area contributed by atoms with Crippen LogP contribution in [-0.4, -0.2) is 39.2 Å². The lowest BCUT2D eigenvalue weighted by Crippen LogP contribution is -2.15. The number of nitrogens with one attached hydrogen (secondary N) is 2. The number of carbonyl (C=O) groups is 2. The molecule has 0 aliphatic heterocycles. The van der Waals surface area contributed by atoms with E-state index >= 15 is 0 Å². The molecule has 1 aromatic carbocycles. The Bertz CT molecular complexity index is 1440. The largest absolute Gasteiger partial charge is 0.461 e. The first-order chi connectivity index (χ1) is 16.7. The number of anilines is 1. The van der Waals surface area contributed by atoms with Gasteiger partial charge in [0, 0.05) is 10.4 Å². The summed E-state index contributed by atoms with van der Waals surface area (Å²) in [4.78, 5) is 51.2. The van der Waals surface area contributed by atoms with Crippen LogP contribution in [0.1, 0.15) is 34.1 Å². The Morgan fingerprint density at radius 2 is 1.89 bits per heavy atom. The highest BCUT2D eigenvalue weighted by Crippen LogP contribution is 2.36. The predicted molar refractivity (Wildman–Crippen MR) is 142 cm³/mol. The lowest BCUT2D eigenvalue weighted by Gasteiger charge is -2.05. The van der Waals surface area contributed by atoms with Crippen molar-refractivity contribution in [2.45, 2.75) is 32.9 Å². The van der Waals surface area contributed by atoms with Crippen LogP contribution >= 0.6 is 34.4 Å². The van der Waals surface area contributed by atoms with Gasteiger partial charge in [-0.1, -0.05) is 67.3 Å². The molecule has 4 rings (SSSR count). The summed E-state index contributed by atoms with van der Waals surface area (Å²) in [6, 6.07) is 9.74. The average Bonchev–Trinajstić information content (AvgIpc) is 3.35. The Kier molecular flexibility index (Phi) is 7.68. The van der Waals surface area contributed by atoms with Crippen LogP contribution in [0.5, 0.6) is 0 Å². The molecule has 0 atom stereocenters. The number of thiophene rings is 1. The van der Waals surface area contributed by atoms with Crippen molar-refractivity contribution in [1.82, 2.24) is 15.0 Å². The molecular weight excluding hydrogens is 504 g/mol. The van der Waals surface area contributed by atoms with Gasteiger partial charge in [-0.25, -0.2) is 14.8 Å². The maximum Gasteiger partial charge on any atom is 0.350 e. The number of amides is 1. The molecule has 4 aromatic rings. The minimum atomic E-state index is -0.445. The van der Waals surface area contributed by atoms with E-state index in [-0.39, 0.29) is 23.1 Å². The molecule has 35 heavy (non-hydrogen) atoms. The van der Waals surface area contributed by atoms with E-state index in [2.05, 4.69) is 20.3 Å². The number of carbonyl (C=O) groups excluding carboxylic acids is 2. The number of hydrogen-bond donors (Lipinski definition) is 2. The fraction of sp³-hybridized carbons (Fsp3) is 0.292. The molecule has 3 heterocycles. The summed E-state index contributed by atoms with van der Waals surface area (Å²) in [7, 11) is 0. The lowest BCUT2D eigenvalue weighted by molar-refractivity contribution is -0.113. The average molecular weight is 529 g/mol. The van der Waals surface area contributed by atoms with E-state index < -0.39 is 5.97 Å². The van der Waals surface area contributed by atoms with Crippen LogP contribution < -0.4 is 10.9 Å². The van der Waals surface area contributed by atoms with Crippen molar-refractivity contribution >= 4 is 61.7 Å². The molecule has 0 radical (unpaired) electrons. The normalized spacial score (nSPS) is 11.2. The number of rotatable bonds is 8. The number of hydrogen-bond acceptors (Lipinski definition) is 9. The molecule has 1 amide bonds. The number of esters is 1. The number of thiazole rings is 1. The minimum Gasteiger partial charge on any atom is -0.461 e. The molecule has 2 N–H and O–H groups in total. The van der Waals surface area contributed by atoms with Crippen molar-refractivity contribution in [3.8, 4) is 11.1 Å². The Balaban J connectivity index is 1.44. The Morgan fingerprint density at radius 3 is 2.60 bits per heavy atom. The first-order valence-corrected chi connectivity index (χ1v) is 13.5. The number of aromatic nitrogens is 3. The highest BCUT2D eigenvalue weighted by atomic mass is 32.2. The highest BCUT2D eigenvalue weighted by molar-refractivity contribution is 7.99. The van der Waals surface area contributed by atoms with E-state index in [4.69, 9.17) is 4.74 Å². The van der Waals surface area contributed by atoms with Gasteiger partial charge in [-0.2, -0.15) is 0 Å². The summed E-state index contributed by atoms with van der Waals surface area (Å²) in [5, 5.41) is 3.95. The first kappa shape index (κ1) is 25.1. The molecule has 11 heteroatoms. The summed E-state index contributed by atoms with van der Waals surface area (Å²) in [5.74, 6) is -0.512. The maximum atomic E-state index is 12.9. The molecule has 0 fully saturated rings. The van der Waals surface area contributed by atoms with Crippen molar-refractivity contribution in [3.63, 3.8) is 0 Å². The van der Waals surface area contributed by atoms with Crippen molar-refractivity contribution in [2.75, 3.05) is 17.7 Å². The maximum absolute atomic E-state index is 12.9. The standard InChI is InChI=1S/C24H24N4O4S3/c1-12(2)10-32-22(31)19-13(3)25-24(35-19)26-16(29)11-33-23-27-20(30)18-17(14(4)34-21(18)28-23)15-8-6-5-7-9-15/h5-9,12H,10-11H2,1-4H3,(H,25,26,29)(H,27,28,30).